The molecule has 2 aromatic carbocycles. The monoisotopic (exact) mass is 514 g/mol. The molecule has 5 rings (SSSR count). The maximum Gasteiger partial charge on any atom is 0.168 e. The standard InChI is InChI=1S/C24H24Br2N2O/c25-17-5-7-19(22(26)12-17)24(29)11-15-3-8-23-20(10-15)21(13-27-23)16-4-6-18-2-1-9-28(18)14-16/h3,5,7-8,10,12-13,16,18,27H,1-2,4,6,9,11,14H2. The molecule has 29 heavy (non-hydrogen) atoms. The molecule has 150 valence electrons. The van der Waals surface area contributed by atoms with Crippen molar-refractivity contribution >= 4 is 48.5 Å². The van der Waals surface area contributed by atoms with Crippen LogP contribution in [0.15, 0.2) is 51.5 Å². The molecule has 2 aliphatic heterocycles. The Morgan fingerprint density at radius 3 is 2.86 bits per heavy atom. The smallest absolute Gasteiger partial charge is 0.168 e. The minimum absolute atomic E-state index is 0.137. The molecule has 3 heterocycles. The van der Waals surface area contributed by atoms with Gasteiger partial charge in [0.2, 0.25) is 0 Å². The Hall–Kier alpha value is -1.43. The van der Waals surface area contributed by atoms with Gasteiger partial charge in [0.1, 0.15) is 0 Å². The summed E-state index contributed by atoms with van der Waals surface area (Å²) in [5, 5.41) is 1.29. The Labute approximate surface area is 188 Å². The average Bonchev–Trinajstić information content (AvgIpc) is 3.33. The lowest BCUT2D eigenvalue weighted by molar-refractivity contribution is 0.0992. The number of carbonyl (C=O) groups is 1. The zero-order valence-electron chi connectivity index (χ0n) is 16.3. The molecule has 2 atom stereocenters. The molecule has 2 unspecified atom stereocenters. The number of Topliss-reactive ketones (excluding diaryl/α,β-unsaturated/α-hetero) is 1. The van der Waals surface area contributed by atoms with Crippen LogP contribution in [-0.2, 0) is 6.42 Å². The van der Waals surface area contributed by atoms with E-state index in [4.69, 9.17) is 0 Å². The Morgan fingerprint density at radius 1 is 1.10 bits per heavy atom. The minimum Gasteiger partial charge on any atom is -0.361 e. The first-order chi connectivity index (χ1) is 14.1. The van der Waals surface area contributed by atoms with E-state index in [9.17, 15) is 4.79 Å². The van der Waals surface area contributed by atoms with E-state index in [1.165, 1.54) is 55.2 Å². The maximum absolute atomic E-state index is 12.9. The Balaban J connectivity index is 1.40. The van der Waals surface area contributed by atoms with E-state index in [0.717, 1.165) is 26.1 Å². The molecule has 2 fully saturated rings. The summed E-state index contributed by atoms with van der Waals surface area (Å²) < 4.78 is 1.80. The van der Waals surface area contributed by atoms with Crippen molar-refractivity contribution in [3.63, 3.8) is 0 Å². The quantitative estimate of drug-likeness (QED) is 0.405. The lowest BCUT2D eigenvalue weighted by Crippen LogP contribution is -2.37. The highest BCUT2D eigenvalue weighted by Crippen LogP contribution is 2.37. The maximum atomic E-state index is 12.9. The second-order valence-corrected chi connectivity index (χ2v) is 10.2. The van der Waals surface area contributed by atoms with Gasteiger partial charge in [-0.05, 0) is 79.6 Å². The number of benzene rings is 2. The van der Waals surface area contributed by atoms with Crippen molar-refractivity contribution < 1.29 is 4.79 Å². The van der Waals surface area contributed by atoms with E-state index in [1.54, 1.807) is 0 Å². The van der Waals surface area contributed by atoms with Gasteiger partial charge in [0, 0.05) is 50.6 Å². The number of fused-ring (bicyclic) bond motifs is 2. The third-order valence-corrected chi connectivity index (χ3v) is 7.77. The molecule has 0 saturated carbocycles. The molecular formula is C24H24Br2N2O. The van der Waals surface area contributed by atoms with Crippen molar-refractivity contribution in [2.24, 2.45) is 0 Å². The first kappa shape index (κ1) is 19.5. The predicted molar refractivity (Wildman–Crippen MR) is 125 cm³/mol. The topological polar surface area (TPSA) is 36.1 Å². The van der Waals surface area contributed by atoms with Gasteiger partial charge in [-0.3, -0.25) is 9.69 Å². The molecule has 0 amide bonds. The number of aromatic amines is 1. The van der Waals surface area contributed by atoms with Gasteiger partial charge in [-0.15, -0.1) is 0 Å². The molecule has 0 radical (unpaired) electrons. The molecule has 1 aromatic heterocycles. The fourth-order valence-electron chi connectivity index (χ4n) is 5.12. The molecule has 1 N–H and O–H groups in total. The van der Waals surface area contributed by atoms with E-state index in [0.29, 0.717) is 12.3 Å². The number of carbonyl (C=O) groups excluding carboxylic acids is 1. The van der Waals surface area contributed by atoms with Crippen LogP contribution in [0.25, 0.3) is 10.9 Å². The van der Waals surface area contributed by atoms with Crippen molar-refractivity contribution in [2.75, 3.05) is 13.1 Å². The largest absolute Gasteiger partial charge is 0.361 e. The van der Waals surface area contributed by atoms with Crippen LogP contribution in [0.1, 0.15) is 53.1 Å². The normalized spacial score (nSPS) is 22.1. The van der Waals surface area contributed by atoms with Gasteiger partial charge in [-0.25, -0.2) is 0 Å². The van der Waals surface area contributed by atoms with Gasteiger partial charge in [0.15, 0.2) is 5.78 Å². The summed E-state index contributed by atoms with van der Waals surface area (Å²) in [5.74, 6) is 0.725. The Morgan fingerprint density at radius 2 is 2.00 bits per heavy atom. The molecule has 2 aliphatic rings. The zero-order chi connectivity index (χ0) is 20.0. The average molecular weight is 516 g/mol. The van der Waals surface area contributed by atoms with E-state index in [-0.39, 0.29) is 5.78 Å². The van der Waals surface area contributed by atoms with Gasteiger partial charge >= 0.3 is 0 Å². The van der Waals surface area contributed by atoms with Crippen LogP contribution in [0.3, 0.4) is 0 Å². The number of aromatic nitrogens is 1. The number of hydrogen-bond donors (Lipinski definition) is 1. The van der Waals surface area contributed by atoms with Crippen LogP contribution < -0.4 is 0 Å². The van der Waals surface area contributed by atoms with E-state index < -0.39 is 0 Å². The summed E-state index contributed by atoms with van der Waals surface area (Å²) in [6.07, 6.45) is 7.92. The molecule has 0 aliphatic carbocycles. The number of hydrogen-bond acceptors (Lipinski definition) is 2. The molecule has 5 heteroatoms. The van der Waals surface area contributed by atoms with Gasteiger partial charge in [0.25, 0.3) is 0 Å². The lowest BCUT2D eigenvalue weighted by Gasteiger charge is -2.35. The first-order valence-corrected chi connectivity index (χ1v) is 12.0. The summed E-state index contributed by atoms with van der Waals surface area (Å²) in [6.45, 7) is 2.43. The molecule has 2 saturated heterocycles. The highest BCUT2D eigenvalue weighted by atomic mass is 79.9. The van der Waals surface area contributed by atoms with Gasteiger partial charge in [-0.2, -0.15) is 0 Å². The number of rotatable bonds is 4. The summed E-state index contributed by atoms with van der Waals surface area (Å²) in [4.78, 5) is 19.0. The van der Waals surface area contributed by atoms with Crippen LogP contribution >= 0.6 is 31.9 Å². The van der Waals surface area contributed by atoms with E-state index in [1.807, 2.05) is 18.2 Å². The first-order valence-electron chi connectivity index (χ1n) is 10.4. The minimum atomic E-state index is 0.137. The number of nitrogens with one attached hydrogen (secondary N) is 1. The Bertz CT molecular complexity index is 1070. The molecule has 0 spiro atoms. The number of halogens is 2. The lowest BCUT2D eigenvalue weighted by atomic mass is 9.87. The SMILES string of the molecule is O=C(Cc1ccc2[nH]cc(C3CCC4CCCN4C3)c2c1)c1ccc(Br)cc1Br. The predicted octanol–water partition coefficient (Wildman–Crippen LogP) is 6.46. The second-order valence-electron chi connectivity index (χ2n) is 8.41. The Kier molecular flexibility index (Phi) is 5.39. The number of ketones is 1. The van der Waals surface area contributed by atoms with Gasteiger partial charge in [-0.1, -0.05) is 37.9 Å². The molecular weight excluding hydrogens is 492 g/mol. The highest BCUT2D eigenvalue weighted by Gasteiger charge is 2.32. The fourth-order valence-corrected chi connectivity index (χ4v) is 6.39. The number of nitrogens with zero attached hydrogens (tertiary/aromatic N) is 1. The third-order valence-electron chi connectivity index (χ3n) is 6.62. The van der Waals surface area contributed by atoms with E-state index in [2.05, 4.69) is 66.1 Å². The zero-order valence-corrected chi connectivity index (χ0v) is 19.4. The van der Waals surface area contributed by atoms with Gasteiger partial charge in [0.05, 0.1) is 0 Å². The second kappa shape index (κ2) is 8.01. The van der Waals surface area contributed by atoms with Crippen molar-refractivity contribution in [3.05, 3.63) is 68.2 Å². The van der Waals surface area contributed by atoms with Gasteiger partial charge < -0.3 is 4.98 Å². The van der Waals surface area contributed by atoms with Crippen molar-refractivity contribution in [3.8, 4) is 0 Å². The van der Waals surface area contributed by atoms with Crippen LogP contribution in [-0.4, -0.2) is 34.8 Å². The number of H-pyrrole nitrogens is 1. The molecule has 0 bridgehead atoms. The molecule has 3 nitrogen and oxygen atoms in total. The van der Waals surface area contributed by atoms with Crippen molar-refractivity contribution in [2.45, 2.75) is 44.1 Å². The fraction of sp³-hybridized carbons (Fsp3) is 0.375. The third kappa shape index (κ3) is 3.85. The van der Waals surface area contributed by atoms with Crippen LogP contribution in [0.4, 0.5) is 0 Å². The van der Waals surface area contributed by atoms with Crippen molar-refractivity contribution in [1.82, 2.24) is 9.88 Å². The summed E-state index contributed by atoms with van der Waals surface area (Å²) in [7, 11) is 0. The van der Waals surface area contributed by atoms with Crippen LogP contribution in [0.2, 0.25) is 0 Å². The molecule has 3 aromatic rings. The van der Waals surface area contributed by atoms with Crippen LogP contribution in [0, 0.1) is 0 Å². The van der Waals surface area contributed by atoms with Crippen LogP contribution in [0.5, 0.6) is 0 Å². The summed E-state index contributed by atoms with van der Waals surface area (Å²) in [5.41, 5.74) is 4.40. The van der Waals surface area contributed by atoms with Crippen molar-refractivity contribution in [1.29, 1.82) is 0 Å². The highest BCUT2D eigenvalue weighted by molar-refractivity contribution is 9.11. The number of piperidine rings is 1. The van der Waals surface area contributed by atoms with E-state index >= 15 is 0 Å². The summed E-state index contributed by atoms with van der Waals surface area (Å²) >= 11 is 6.97. The summed E-state index contributed by atoms with van der Waals surface area (Å²) in [6, 6.07) is 13.0.